The maximum absolute atomic E-state index is 12.0. The zero-order chi connectivity index (χ0) is 16.0. The number of nitrogens with zero attached hydrogens (tertiary/aromatic N) is 1. The largest absolute Gasteiger partial charge is 0.385 e. The van der Waals surface area contributed by atoms with Gasteiger partial charge in [0, 0.05) is 20.3 Å². The van der Waals surface area contributed by atoms with Crippen LogP contribution in [-0.2, 0) is 4.74 Å². The lowest BCUT2D eigenvalue weighted by Gasteiger charge is -2.18. The highest BCUT2D eigenvalue weighted by Gasteiger charge is 2.42. The van der Waals surface area contributed by atoms with Crippen LogP contribution in [0.15, 0.2) is 24.3 Å². The van der Waals surface area contributed by atoms with Gasteiger partial charge in [0.15, 0.2) is 0 Å². The summed E-state index contributed by atoms with van der Waals surface area (Å²) in [5.41, 5.74) is 1.84. The SMILES string of the molecule is COCCC1(CNC(=O)N[C@H](C)c2ccc(C#N)cc2)CC1. The summed E-state index contributed by atoms with van der Waals surface area (Å²) in [6.07, 6.45) is 3.30. The van der Waals surface area contributed by atoms with Gasteiger partial charge in [0.2, 0.25) is 0 Å². The number of carbonyl (C=O) groups excluding carboxylic acids is 1. The van der Waals surface area contributed by atoms with Crippen LogP contribution >= 0.6 is 0 Å². The fraction of sp³-hybridized carbons (Fsp3) is 0.529. The summed E-state index contributed by atoms with van der Waals surface area (Å²) in [4.78, 5) is 12.0. The number of rotatable bonds is 7. The number of amides is 2. The van der Waals surface area contributed by atoms with Crippen molar-refractivity contribution in [3.05, 3.63) is 35.4 Å². The Morgan fingerprint density at radius 2 is 2.09 bits per heavy atom. The molecule has 0 saturated heterocycles. The monoisotopic (exact) mass is 301 g/mol. The molecule has 0 aliphatic heterocycles. The number of nitriles is 1. The Labute approximate surface area is 131 Å². The van der Waals surface area contributed by atoms with Crippen LogP contribution in [0.5, 0.6) is 0 Å². The molecule has 0 aromatic heterocycles. The molecule has 22 heavy (non-hydrogen) atoms. The predicted octanol–water partition coefficient (Wildman–Crippen LogP) is 2.74. The number of benzene rings is 1. The first-order valence-corrected chi connectivity index (χ1v) is 7.62. The topological polar surface area (TPSA) is 74.2 Å². The number of urea groups is 1. The Balaban J connectivity index is 1.77. The van der Waals surface area contributed by atoms with E-state index in [1.54, 1.807) is 19.2 Å². The van der Waals surface area contributed by atoms with Crippen molar-refractivity contribution < 1.29 is 9.53 Å². The normalized spacial score (nSPS) is 16.4. The molecule has 0 spiro atoms. The van der Waals surface area contributed by atoms with Gasteiger partial charge in [-0.1, -0.05) is 12.1 Å². The van der Waals surface area contributed by atoms with E-state index in [0.717, 1.165) is 31.4 Å². The molecule has 1 aromatic carbocycles. The zero-order valence-corrected chi connectivity index (χ0v) is 13.2. The number of ether oxygens (including phenoxy) is 1. The molecule has 2 N–H and O–H groups in total. The summed E-state index contributed by atoms with van der Waals surface area (Å²) in [6, 6.07) is 9.09. The lowest BCUT2D eigenvalue weighted by atomic mass is 10.0. The molecule has 1 aromatic rings. The average Bonchev–Trinajstić information content (AvgIpc) is 3.31. The molecule has 0 bridgehead atoms. The number of nitrogens with one attached hydrogen (secondary N) is 2. The van der Waals surface area contributed by atoms with Gasteiger partial charge in [-0.2, -0.15) is 5.26 Å². The Hall–Kier alpha value is -2.06. The summed E-state index contributed by atoms with van der Waals surface area (Å²) in [5, 5.41) is 14.7. The van der Waals surface area contributed by atoms with Crippen molar-refractivity contribution in [1.82, 2.24) is 10.6 Å². The predicted molar refractivity (Wildman–Crippen MR) is 84.3 cm³/mol. The van der Waals surface area contributed by atoms with Crippen LogP contribution in [0.2, 0.25) is 0 Å². The minimum absolute atomic E-state index is 0.0955. The quantitative estimate of drug-likeness (QED) is 0.813. The lowest BCUT2D eigenvalue weighted by Crippen LogP contribution is -2.40. The lowest BCUT2D eigenvalue weighted by molar-refractivity contribution is 0.171. The Morgan fingerprint density at radius 3 is 2.64 bits per heavy atom. The van der Waals surface area contributed by atoms with E-state index in [0.29, 0.717) is 12.1 Å². The second-order valence-electron chi connectivity index (χ2n) is 6.03. The summed E-state index contributed by atoms with van der Waals surface area (Å²) in [7, 11) is 1.70. The van der Waals surface area contributed by atoms with Gasteiger partial charge in [0.1, 0.15) is 0 Å². The smallest absolute Gasteiger partial charge is 0.315 e. The third-order valence-corrected chi connectivity index (χ3v) is 4.30. The summed E-state index contributed by atoms with van der Waals surface area (Å²) < 4.78 is 5.11. The van der Waals surface area contributed by atoms with Crippen molar-refractivity contribution in [1.29, 1.82) is 5.26 Å². The van der Waals surface area contributed by atoms with Crippen molar-refractivity contribution in [2.75, 3.05) is 20.3 Å². The second-order valence-corrected chi connectivity index (χ2v) is 6.03. The van der Waals surface area contributed by atoms with Gasteiger partial charge in [-0.15, -0.1) is 0 Å². The van der Waals surface area contributed by atoms with Crippen molar-refractivity contribution in [2.45, 2.75) is 32.2 Å². The Kier molecular flexibility index (Phi) is 5.40. The van der Waals surface area contributed by atoms with Crippen LogP contribution in [-0.4, -0.2) is 26.3 Å². The molecule has 1 atom stereocenters. The van der Waals surface area contributed by atoms with Crippen LogP contribution in [0.4, 0.5) is 4.79 Å². The van der Waals surface area contributed by atoms with E-state index >= 15 is 0 Å². The highest BCUT2D eigenvalue weighted by atomic mass is 16.5. The number of hydrogen-bond acceptors (Lipinski definition) is 3. The van der Waals surface area contributed by atoms with Crippen molar-refractivity contribution in [2.24, 2.45) is 5.41 Å². The molecule has 2 rings (SSSR count). The molecule has 1 aliphatic rings. The van der Waals surface area contributed by atoms with E-state index in [9.17, 15) is 4.79 Å². The standard InChI is InChI=1S/C17H23N3O2/c1-13(15-5-3-14(11-18)4-6-15)20-16(21)19-12-17(7-8-17)9-10-22-2/h3-6,13H,7-10,12H2,1-2H3,(H2,19,20,21)/t13-/m1/s1. The van der Waals surface area contributed by atoms with Crippen LogP contribution in [0.1, 0.15) is 43.4 Å². The van der Waals surface area contributed by atoms with Gasteiger partial charge in [-0.25, -0.2) is 4.79 Å². The highest BCUT2D eigenvalue weighted by molar-refractivity contribution is 5.74. The van der Waals surface area contributed by atoms with Crippen molar-refractivity contribution >= 4 is 6.03 Å². The molecule has 1 saturated carbocycles. The molecule has 118 valence electrons. The molecule has 1 aliphatic carbocycles. The van der Waals surface area contributed by atoms with E-state index in [4.69, 9.17) is 10.00 Å². The summed E-state index contributed by atoms with van der Waals surface area (Å²) >= 11 is 0. The van der Waals surface area contributed by atoms with E-state index in [-0.39, 0.29) is 17.5 Å². The summed E-state index contributed by atoms with van der Waals surface area (Å²) in [6.45, 7) is 3.37. The van der Waals surface area contributed by atoms with Gasteiger partial charge in [0.25, 0.3) is 0 Å². The van der Waals surface area contributed by atoms with Gasteiger partial charge in [0.05, 0.1) is 17.7 Å². The molecule has 0 heterocycles. The van der Waals surface area contributed by atoms with E-state index < -0.39 is 0 Å². The third kappa shape index (κ3) is 4.47. The zero-order valence-electron chi connectivity index (χ0n) is 13.2. The van der Waals surface area contributed by atoms with Gasteiger partial charge in [-0.05, 0) is 49.3 Å². The minimum atomic E-state index is -0.152. The second kappa shape index (κ2) is 7.28. The van der Waals surface area contributed by atoms with Crippen LogP contribution < -0.4 is 10.6 Å². The van der Waals surface area contributed by atoms with Crippen molar-refractivity contribution in [3.8, 4) is 6.07 Å². The maximum atomic E-state index is 12.0. The van der Waals surface area contributed by atoms with Crippen molar-refractivity contribution in [3.63, 3.8) is 0 Å². The third-order valence-electron chi connectivity index (χ3n) is 4.30. The van der Waals surface area contributed by atoms with E-state index in [1.165, 1.54) is 0 Å². The van der Waals surface area contributed by atoms with Crippen LogP contribution in [0.25, 0.3) is 0 Å². The van der Waals surface area contributed by atoms with Gasteiger partial charge < -0.3 is 15.4 Å². The fourth-order valence-corrected chi connectivity index (χ4v) is 2.46. The first-order chi connectivity index (χ1) is 10.6. The maximum Gasteiger partial charge on any atom is 0.315 e. The van der Waals surface area contributed by atoms with E-state index in [1.807, 2.05) is 19.1 Å². The highest BCUT2D eigenvalue weighted by Crippen LogP contribution is 2.48. The minimum Gasteiger partial charge on any atom is -0.385 e. The molecule has 0 radical (unpaired) electrons. The van der Waals surface area contributed by atoms with E-state index in [2.05, 4.69) is 16.7 Å². The number of methoxy groups -OCH3 is 1. The van der Waals surface area contributed by atoms with Crippen LogP contribution in [0.3, 0.4) is 0 Å². The Bertz CT molecular complexity index is 544. The summed E-state index contributed by atoms with van der Waals surface area (Å²) in [5.74, 6) is 0. The molecular formula is C17H23N3O2. The van der Waals surface area contributed by atoms with Gasteiger partial charge in [-0.3, -0.25) is 0 Å². The average molecular weight is 301 g/mol. The number of carbonyl (C=O) groups is 1. The number of hydrogen-bond donors (Lipinski definition) is 2. The molecular weight excluding hydrogens is 278 g/mol. The molecule has 1 fully saturated rings. The molecule has 2 amide bonds. The van der Waals surface area contributed by atoms with Gasteiger partial charge >= 0.3 is 6.03 Å². The molecule has 0 unspecified atom stereocenters. The molecule has 5 nitrogen and oxygen atoms in total. The Morgan fingerprint density at radius 1 is 1.41 bits per heavy atom. The van der Waals surface area contributed by atoms with Crippen LogP contribution in [0, 0.1) is 16.7 Å². The fourth-order valence-electron chi connectivity index (χ4n) is 2.46. The first kappa shape index (κ1) is 16.3. The molecule has 5 heteroatoms. The first-order valence-electron chi connectivity index (χ1n) is 7.62.